The van der Waals surface area contributed by atoms with Gasteiger partial charge >= 0.3 is 6.18 Å². The van der Waals surface area contributed by atoms with Gasteiger partial charge in [-0.05, 0) is 36.8 Å². The molecule has 1 unspecified atom stereocenters. The Morgan fingerprint density at radius 3 is 2.52 bits per heavy atom. The van der Waals surface area contributed by atoms with E-state index in [0.29, 0.717) is 18.3 Å². The molecule has 0 radical (unpaired) electrons. The van der Waals surface area contributed by atoms with Crippen molar-refractivity contribution >= 4 is 5.82 Å². The fourth-order valence-electron chi connectivity index (χ4n) is 3.05. The van der Waals surface area contributed by atoms with Gasteiger partial charge in [-0.1, -0.05) is 30.3 Å². The average molecular weight is 321 g/mol. The van der Waals surface area contributed by atoms with Gasteiger partial charge in [0.1, 0.15) is 5.82 Å². The van der Waals surface area contributed by atoms with E-state index in [2.05, 4.69) is 22.1 Å². The molecule has 3 rings (SSSR count). The van der Waals surface area contributed by atoms with Crippen molar-refractivity contribution in [1.29, 1.82) is 0 Å². The van der Waals surface area contributed by atoms with Gasteiger partial charge in [-0.3, -0.25) is 0 Å². The Kier molecular flexibility index (Phi) is 4.50. The van der Waals surface area contributed by atoms with Gasteiger partial charge in [0.15, 0.2) is 0 Å². The number of rotatable bonds is 2. The molecule has 1 fully saturated rings. The Hall–Kier alpha value is -2.11. The molecule has 0 bridgehead atoms. The minimum atomic E-state index is -4.51. The highest BCUT2D eigenvalue weighted by Gasteiger charge is 2.35. The number of aromatic nitrogens is 2. The van der Waals surface area contributed by atoms with E-state index in [0.717, 1.165) is 25.8 Å². The summed E-state index contributed by atoms with van der Waals surface area (Å²) in [5, 5.41) is 0. The van der Waals surface area contributed by atoms with Crippen LogP contribution in [-0.4, -0.2) is 23.1 Å². The molecule has 6 heteroatoms. The van der Waals surface area contributed by atoms with Crippen LogP contribution < -0.4 is 4.90 Å². The molecule has 0 aliphatic carbocycles. The molecule has 0 amide bonds. The number of hydrogen-bond donors (Lipinski definition) is 0. The van der Waals surface area contributed by atoms with Crippen molar-refractivity contribution in [2.75, 3.05) is 18.0 Å². The van der Waals surface area contributed by atoms with Crippen LogP contribution in [0.25, 0.3) is 0 Å². The van der Waals surface area contributed by atoms with Crippen molar-refractivity contribution in [2.24, 2.45) is 0 Å². The predicted octanol–water partition coefficient (Wildman–Crippen LogP) is 4.27. The molecule has 1 aliphatic rings. The first-order valence-electron chi connectivity index (χ1n) is 7.74. The second-order valence-corrected chi connectivity index (χ2v) is 5.76. The summed E-state index contributed by atoms with van der Waals surface area (Å²) in [7, 11) is 0. The lowest BCUT2D eigenvalue weighted by Crippen LogP contribution is -2.26. The van der Waals surface area contributed by atoms with E-state index in [4.69, 9.17) is 0 Å². The summed E-state index contributed by atoms with van der Waals surface area (Å²) in [6.45, 7) is 1.42. The second-order valence-electron chi connectivity index (χ2n) is 5.76. The van der Waals surface area contributed by atoms with Gasteiger partial charge in [-0.15, -0.1) is 0 Å². The molecular weight excluding hydrogens is 303 g/mol. The fourth-order valence-corrected chi connectivity index (χ4v) is 3.05. The molecule has 3 nitrogen and oxygen atoms in total. The Labute approximate surface area is 133 Å². The van der Waals surface area contributed by atoms with Gasteiger partial charge in [0.05, 0.1) is 0 Å². The minimum Gasteiger partial charge on any atom is -0.356 e. The third kappa shape index (κ3) is 3.81. The topological polar surface area (TPSA) is 29.0 Å². The van der Waals surface area contributed by atoms with E-state index in [1.54, 1.807) is 6.07 Å². The maximum atomic E-state index is 12.8. The van der Waals surface area contributed by atoms with Gasteiger partial charge in [0.2, 0.25) is 5.82 Å². The van der Waals surface area contributed by atoms with Crippen molar-refractivity contribution < 1.29 is 13.2 Å². The molecule has 23 heavy (non-hydrogen) atoms. The lowest BCUT2D eigenvalue weighted by atomic mass is 9.92. The Bertz CT molecular complexity index is 643. The van der Waals surface area contributed by atoms with Gasteiger partial charge < -0.3 is 4.90 Å². The maximum absolute atomic E-state index is 12.8. The second kappa shape index (κ2) is 6.56. The lowest BCUT2D eigenvalue weighted by Gasteiger charge is -2.22. The SMILES string of the molecule is FC(F)(F)c1nccc(N2CCCC(c3ccccc3)CC2)n1. The molecule has 1 aliphatic heterocycles. The van der Waals surface area contributed by atoms with E-state index >= 15 is 0 Å². The van der Waals surface area contributed by atoms with Crippen LogP contribution in [0.5, 0.6) is 0 Å². The monoisotopic (exact) mass is 321 g/mol. The molecule has 0 saturated carbocycles. The van der Waals surface area contributed by atoms with Crippen molar-refractivity contribution in [3.05, 3.63) is 54.0 Å². The van der Waals surface area contributed by atoms with Crippen LogP contribution in [0.1, 0.15) is 36.6 Å². The maximum Gasteiger partial charge on any atom is 0.451 e. The molecule has 2 heterocycles. The molecule has 1 atom stereocenters. The third-order valence-corrected chi connectivity index (χ3v) is 4.22. The quantitative estimate of drug-likeness (QED) is 0.827. The number of alkyl halides is 3. The summed E-state index contributed by atoms with van der Waals surface area (Å²) in [6.07, 6.45) is -0.433. The van der Waals surface area contributed by atoms with Crippen molar-refractivity contribution in [3.63, 3.8) is 0 Å². The molecule has 1 saturated heterocycles. The van der Waals surface area contributed by atoms with Gasteiger partial charge in [-0.25, -0.2) is 9.97 Å². The number of anilines is 1. The first kappa shape index (κ1) is 15.8. The van der Waals surface area contributed by atoms with E-state index < -0.39 is 12.0 Å². The summed E-state index contributed by atoms with van der Waals surface area (Å²) in [4.78, 5) is 8.96. The Balaban J connectivity index is 1.73. The highest BCUT2D eigenvalue weighted by Crippen LogP contribution is 2.31. The molecule has 0 N–H and O–H groups in total. The highest BCUT2D eigenvalue weighted by molar-refractivity contribution is 5.38. The van der Waals surface area contributed by atoms with Crippen molar-refractivity contribution in [3.8, 4) is 0 Å². The van der Waals surface area contributed by atoms with Crippen LogP contribution in [0.15, 0.2) is 42.6 Å². The normalized spacial score (nSPS) is 19.4. The van der Waals surface area contributed by atoms with Crippen LogP contribution in [0.2, 0.25) is 0 Å². The van der Waals surface area contributed by atoms with Gasteiger partial charge in [-0.2, -0.15) is 13.2 Å². The molecule has 2 aromatic rings. The first-order chi connectivity index (χ1) is 11.0. The molecule has 1 aromatic heterocycles. The number of benzene rings is 1. The summed E-state index contributed by atoms with van der Waals surface area (Å²) in [5.41, 5.74) is 1.30. The van der Waals surface area contributed by atoms with E-state index in [-0.39, 0.29) is 0 Å². The Morgan fingerprint density at radius 1 is 1.00 bits per heavy atom. The van der Waals surface area contributed by atoms with Gasteiger partial charge in [0, 0.05) is 19.3 Å². The molecular formula is C17H18F3N3. The zero-order valence-corrected chi connectivity index (χ0v) is 12.6. The zero-order valence-electron chi connectivity index (χ0n) is 12.6. The predicted molar refractivity (Wildman–Crippen MR) is 82.3 cm³/mol. The fraction of sp³-hybridized carbons (Fsp3) is 0.412. The zero-order chi connectivity index (χ0) is 16.3. The Morgan fingerprint density at radius 2 is 1.78 bits per heavy atom. The summed E-state index contributed by atoms with van der Waals surface area (Å²) >= 11 is 0. The minimum absolute atomic E-state index is 0.362. The number of halogens is 3. The highest BCUT2D eigenvalue weighted by atomic mass is 19.4. The van der Waals surface area contributed by atoms with E-state index in [1.807, 2.05) is 23.1 Å². The smallest absolute Gasteiger partial charge is 0.356 e. The largest absolute Gasteiger partial charge is 0.451 e. The van der Waals surface area contributed by atoms with Crippen LogP contribution in [0.4, 0.5) is 19.0 Å². The number of hydrogen-bond acceptors (Lipinski definition) is 3. The third-order valence-electron chi connectivity index (χ3n) is 4.22. The lowest BCUT2D eigenvalue weighted by molar-refractivity contribution is -0.144. The van der Waals surface area contributed by atoms with Crippen LogP contribution in [0, 0.1) is 0 Å². The first-order valence-corrected chi connectivity index (χ1v) is 7.74. The molecule has 1 aromatic carbocycles. The average Bonchev–Trinajstić information content (AvgIpc) is 2.81. The summed E-state index contributed by atoms with van der Waals surface area (Å²) in [5.74, 6) is -0.259. The number of nitrogens with zero attached hydrogens (tertiary/aromatic N) is 3. The molecule has 122 valence electrons. The van der Waals surface area contributed by atoms with E-state index in [1.165, 1.54) is 11.8 Å². The standard InChI is InChI=1S/C17H18F3N3/c18-17(19,20)16-21-10-8-15(22-16)23-11-4-7-14(9-12-23)13-5-2-1-3-6-13/h1-3,5-6,8,10,14H,4,7,9,11-12H2. The van der Waals surface area contributed by atoms with Gasteiger partial charge in [0.25, 0.3) is 0 Å². The van der Waals surface area contributed by atoms with Crippen LogP contribution >= 0.6 is 0 Å². The molecule has 0 spiro atoms. The van der Waals surface area contributed by atoms with Crippen molar-refractivity contribution in [1.82, 2.24) is 9.97 Å². The van der Waals surface area contributed by atoms with E-state index in [9.17, 15) is 13.2 Å². The van der Waals surface area contributed by atoms with Crippen LogP contribution in [-0.2, 0) is 6.18 Å². The summed E-state index contributed by atoms with van der Waals surface area (Å²) < 4.78 is 38.3. The summed E-state index contributed by atoms with van der Waals surface area (Å²) in [6, 6.07) is 11.8. The van der Waals surface area contributed by atoms with Crippen LogP contribution in [0.3, 0.4) is 0 Å². The van der Waals surface area contributed by atoms with Crippen molar-refractivity contribution in [2.45, 2.75) is 31.4 Å².